The van der Waals surface area contributed by atoms with Crippen LogP contribution in [0.4, 0.5) is 5.69 Å². The molecule has 3 rings (SSSR count). The number of carbonyl (C=O) groups excluding carboxylic acids is 1. The van der Waals surface area contributed by atoms with E-state index in [1.54, 1.807) is 18.2 Å². The standard InChI is InChI=1S/C21H15Br2N3O4/c22-17-7-4-14(5-8-17)13-30-20-9-6-15(10-19(20)23)12-24-25-21(27)16-2-1-3-18(11-16)26(28)29/h1-12H,13H2,(H,25,27). The second kappa shape index (κ2) is 10.1. The summed E-state index contributed by atoms with van der Waals surface area (Å²) in [5, 5.41) is 14.7. The van der Waals surface area contributed by atoms with Crippen LogP contribution in [0.1, 0.15) is 21.5 Å². The quantitative estimate of drug-likeness (QED) is 0.248. The van der Waals surface area contributed by atoms with Gasteiger partial charge >= 0.3 is 0 Å². The SMILES string of the molecule is O=C(NN=Cc1ccc(OCc2ccc(Br)cc2)c(Br)c1)c1cccc([N+](=O)[O-])c1. The number of hydrogen-bond acceptors (Lipinski definition) is 5. The van der Waals surface area contributed by atoms with E-state index in [1.165, 1.54) is 30.5 Å². The topological polar surface area (TPSA) is 93.8 Å². The zero-order chi connectivity index (χ0) is 21.5. The van der Waals surface area contributed by atoms with E-state index < -0.39 is 10.8 Å². The number of nitrogens with one attached hydrogen (secondary N) is 1. The van der Waals surface area contributed by atoms with E-state index in [1.807, 2.05) is 24.3 Å². The summed E-state index contributed by atoms with van der Waals surface area (Å²) in [5.74, 6) is 0.138. The molecule has 152 valence electrons. The van der Waals surface area contributed by atoms with Crippen molar-refractivity contribution in [2.45, 2.75) is 6.61 Å². The molecule has 0 radical (unpaired) electrons. The van der Waals surface area contributed by atoms with Gasteiger partial charge in [-0.1, -0.05) is 34.1 Å². The summed E-state index contributed by atoms with van der Waals surface area (Å²) < 4.78 is 7.57. The third-order valence-corrected chi connectivity index (χ3v) is 5.11. The van der Waals surface area contributed by atoms with Crippen molar-refractivity contribution >= 4 is 49.7 Å². The van der Waals surface area contributed by atoms with Gasteiger partial charge in [0.15, 0.2) is 0 Å². The first-order valence-electron chi connectivity index (χ1n) is 8.67. The number of rotatable bonds is 7. The van der Waals surface area contributed by atoms with Gasteiger partial charge in [-0.25, -0.2) is 5.43 Å². The highest BCUT2D eigenvalue weighted by Gasteiger charge is 2.10. The molecule has 0 bridgehead atoms. The van der Waals surface area contributed by atoms with Crippen molar-refractivity contribution in [2.75, 3.05) is 0 Å². The number of nitro benzene ring substituents is 1. The van der Waals surface area contributed by atoms with Gasteiger partial charge in [-0.15, -0.1) is 0 Å². The highest BCUT2D eigenvalue weighted by molar-refractivity contribution is 9.10. The molecule has 0 aliphatic carbocycles. The number of hydrogen-bond donors (Lipinski definition) is 1. The summed E-state index contributed by atoms with van der Waals surface area (Å²) in [7, 11) is 0. The lowest BCUT2D eigenvalue weighted by molar-refractivity contribution is -0.384. The number of ether oxygens (including phenoxy) is 1. The van der Waals surface area contributed by atoms with Crippen molar-refractivity contribution in [1.82, 2.24) is 5.43 Å². The minimum Gasteiger partial charge on any atom is -0.488 e. The zero-order valence-electron chi connectivity index (χ0n) is 15.4. The first-order chi connectivity index (χ1) is 14.4. The Morgan fingerprint density at radius 3 is 2.57 bits per heavy atom. The zero-order valence-corrected chi connectivity index (χ0v) is 18.6. The Kier molecular flexibility index (Phi) is 7.31. The summed E-state index contributed by atoms with van der Waals surface area (Å²) in [6.07, 6.45) is 1.47. The van der Waals surface area contributed by atoms with E-state index in [2.05, 4.69) is 42.4 Å². The molecule has 0 aromatic heterocycles. The van der Waals surface area contributed by atoms with E-state index >= 15 is 0 Å². The molecular formula is C21H15Br2N3O4. The predicted molar refractivity (Wildman–Crippen MR) is 121 cm³/mol. The number of hydrazone groups is 1. The van der Waals surface area contributed by atoms with Crippen molar-refractivity contribution in [2.24, 2.45) is 5.10 Å². The van der Waals surface area contributed by atoms with Gasteiger partial charge in [-0.05, 0) is 63.5 Å². The van der Waals surface area contributed by atoms with Crippen LogP contribution in [-0.2, 0) is 6.61 Å². The fourth-order valence-electron chi connectivity index (χ4n) is 2.45. The molecule has 9 heteroatoms. The van der Waals surface area contributed by atoms with Gasteiger partial charge in [-0.2, -0.15) is 5.10 Å². The third-order valence-electron chi connectivity index (χ3n) is 3.96. The summed E-state index contributed by atoms with van der Waals surface area (Å²) in [6.45, 7) is 0.429. The van der Waals surface area contributed by atoms with E-state index in [4.69, 9.17) is 4.74 Å². The van der Waals surface area contributed by atoms with E-state index in [0.717, 1.165) is 20.1 Å². The van der Waals surface area contributed by atoms with Gasteiger partial charge in [0.05, 0.1) is 15.6 Å². The number of halogens is 2. The van der Waals surface area contributed by atoms with Gasteiger partial charge < -0.3 is 4.74 Å². The molecular weight excluding hydrogens is 518 g/mol. The molecule has 0 aliphatic rings. The largest absolute Gasteiger partial charge is 0.488 e. The number of benzene rings is 3. The van der Waals surface area contributed by atoms with Crippen LogP contribution in [0.3, 0.4) is 0 Å². The average molecular weight is 533 g/mol. The van der Waals surface area contributed by atoms with Crippen molar-refractivity contribution in [1.29, 1.82) is 0 Å². The van der Waals surface area contributed by atoms with Crippen LogP contribution in [0.25, 0.3) is 0 Å². The van der Waals surface area contributed by atoms with Crippen LogP contribution in [0.15, 0.2) is 80.8 Å². The van der Waals surface area contributed by atoms with Gasteiger partial charge in [0.1, 0.15) is 12.4 Å². The van der Waals surface area contributed by atoms with Crippen LogP contribution < -0.4 is 10.2 Å². The van der Waals surface area contributed by atoms with Gasteiger partial charge in [0.25, 0.3) is 11.6 Å². The maximum Gasteiger partial charge on any atom is 0.271 e. The van der Waals surface area contributed by atoms with Crippen LogP contribution in [0, 0.1) is 10.1 Å². The first kappa shape index (κ1) is 21.7. The Balaban J connectivity index is 1.59. The molecule has 0 aliphatic heterocycles. The third kappa shape index (κ3) is 5.98. The number of amides is 1. The molecule has 0 atom stereocenters. The number of non-ortho nitro benzene ring substituents is 1. The number of nitro groups is 1. The molecule has 3 aromatic rings. The summed E-state index contributed by atoms with van der Waals surface area (Å²) in [5.41, 5.74) is 4.13. The molecule has 3 aromatic carbocycles. The lowest BCUT2D eigenvalue weighted by atomic mass is 10.2. The molecule has 0 fully saturated rings. The first-order valence-corrected chi connectivity index (χ1v) is 10.3. The Labute approximate surface area is 189 Å². The van der Waals surface area contributed by atoms with Crippen molar-refractivity contribution in [3.8, 4) is 5.75 Å². The lowest BCUT2D eigenvalue weighted by Crippen LogP contribution is -2.17. The minimum atomic E-state index is -0.558. The predicted octanol–water partition coefficient (Wildman–Crippen LogP) is 5.46. The number of nitrogens with zero attached hydrogens (tertiary/aromatic N) is 2. The second-order valence-electron chi connectivity index (χ2n) is 6.11. The molecule has 0 heterocycles. The Morgan fingerprint density at radius 2 is 1.87 bits per heavy atom. The van der Waals surface area contributed by atoms with Crippen LogP contribution in [-0.4, -0.2) is 17.0 Å². The molecule has 0 saturated carbocycles. The van der Waals surface area contributed by atoms with Crippen molar-refractivity contribution < 1.29 is 14.5 Å². The molecule has 0 unspecified atom stereocenters. The Hall–Kier alpha value is -3.04. The molecule has 1 N–H and O–H groups in total. The minimum absolute atomic E-state index is 0.152. The maximum absolute atomic E-state index is 12.1. The maximum atomic E-state index is 12.1. The highest BCUT2D eigenvalue weighted by atomic mass is 79.9. The molecule has 0 spiro atoms. The van der Waals surface area contributed by atoms with Crippen molar-refractivity contribution in [3.05, 3.63) is 102 Å². The lowest BCUT2D eigenvalue weighted by Gasteiger charge is -2.09. The smallest absolute Gasteiger partial charge is 0.271 e. The fraction of sp³-hybridized carbons (Fsp3) is 0.0476. The summed E-state index contributed by atoms with van der Waals surface area (Å²) in [4.78, 5) is 22.3. The van der Waals surface area contributed by atoms with Crippen LogP contribution >= 0.6 is 31.9 Å². The van der Waals surface area contributed by atoms with Crippen LogP contribution in [0.2, 0.25) is 0 Å². The summed E-state index contributed by atoms with van der Waals surface area (Å²) >= 11 is 6.86. The van der Waals surface area contributed by atoms with Crippen LogP contribution in [0.5, 0.6) is 5.75 Å². The second-order valence-corrected chi connectivity index (χ2v) is 7.88. The Bertz CT molecular complexity index is 1100. The monoisotopic (exact) mass is 531 g/mol. The summed E-state index contributed by atoms with van der Waals surface area (Å²) in [6, 6.07) is 18.7. The molecule has 1 amide bonds. The van der Waals surface area contributed by atoms with Gasteiger partial charge in [-0.3, -0.25) is 14.9 Å². The highest BCUT2D eigenvalue weighted by Crippen LogP contribution is 2.26. The number of carbonyl (C=O) groups is 1. The van der Waals surface area contributed by atoms with E-state index in [9.17, 15) is 14.9 Å². The fourth-order valence-corrected chi connectivity index (χ4v) is 3.22. The normalized spacial score (nSPS) is 10.7. The average Bonchev–Trinajstić information content (AvgIpc) is 2.74. The molecule has 7 nitrogen and oxygen atoms in total. The molecule has 0 saturated heterocycles. The molecule has 30 heavy (non-hydrogen) atoms. The van der Waals surface area contributed by atoms with Gasteiger partial charge in [0.2, 0.25) is 0 Å². The van der Waals surface area contributed by atoms with Gasteiger partial charge in [0, 0.05) is 22.2 Å². The van der Waals surface area contributed by atoms with E-state index in [-0.39, 0.29) is 11.3 Å². The van der Waals surface area contributed by atoms with E-state index in [0.29, 0.717) is 12.4 Å². The Morgan fingerprint density at radius 1 is 1.10 bits per heavy atom. The van der Waals surface area contributed by atoms with Crippen molar-refractivity contribution in [3.63, 3.8) is 0 Å².